The first-order valence-electron chi connectivity index (χ1n) is 11.3. The highest BCUT2D eigenvalue weighted by Gasteiger charge is 2.20. The quantitative estimate of drug-likeness (QED) is 0.476. The molecule has 0 radical (unpaired) electrons. The Balaban J connectivity index is 1.35. The Morgan fingerprint density at radius 1 is 1.09 bits per heavy atom. The third-order valence-electron chi connectivity index (χ3n) is 6.39. The van der Waals surface area contributed by atoms with E-state index in [0.29, 0.717) is 47.0 Å². The van der Waals surface area contributed by atoms with Gasteiger partial charge in [0, 0.05) is 60.7 Å². The van der Waals surface area contributed by atoms with E-state index in [2.05, 4.69) is 48.6 Å². The molecular weight excluding hydrogens is 433 g/mol. The molecule has 2 aliphatic heterocycles. The molecule has 0 atom stereocenters. The fourth-order valence-corrected chi connectivity index (χ4v) is 4.57. The number of anilines is 3. The summed E-state index contributed by atoms with van der Waals surface area (Å²) in [5.41, 5.74) is 6.65. The molecular formula is C25H24FN7O. The van der Waals surface area contributed by atoms with E-state index in [1.165, 1.54) is 11.6 Å². The Bertz CT molecular complexity index is 1420. The Hall–Kier alpha value is -3.85. The van der Waals surface area contributed by atoms with Gasteiger partial charge in [-0.25, -0.2) is 19.3 Å². The molecule has 0 unspecified atom stereocenters. The molecule has 0 saturated heterocycles. The van der Waals surface area contributed by atoms with Crippen LogP contribution in [0.3, 0.4) is 0 Å². The summed E-state index contributed by atoms with van der Waals surface area (Å²) in [5.74, 6) is 0.639. The fraction of sp³-hybridized carbons (Fsp3) is 0.280. The zero-order valence-electron chi connectivity index (χ0n) is 19.0. The number of halogens is 1. The first kappa shape index (κ1) is 20.7. The summed E-state index contributed by atoms with van der Waals surface area (Å²) in [7, 11) is 2.11. The second-order valence-electron chi connectivity index (χ2n) is 8.78. The van der Waals surface area contributed by atoms with E-state index in [0.717, 1.165) is 42.1 Å². The summed E-state index contributed by atoms with van der Waals surface area (Å²) >= 11 is 0. The van der Waals surface area contributed by atoms with Crippen LogP contribution in [0.1, 0.15) is 16.8 Å². The maximum absolute atomic E-state index is 15.1. The third-order valence-corrected chi connectivity index (χ3v) is 6.39. The minimum absolute atomic E-state index is 0.346. The number of benzene rings is 1. The van der Waals surface area contributed by atoms with Gasteiger partial charge in [-0.15, -0.1) is 0 Å². The van der Waals surface area contributed by atoms with Crippen molar-refractivity contribution in [1.29, 1.82) is 0 Å². The minimum Gasteiger partial charge on any atom is -0.474 e. The molecule has 9 heteroatoms. The van der Waals surface area contributed by atoms with E-state index in [-0.39, 0.29) is 5.82 Å². The number of pyridine rings is 2. The molecule has 5 heterocycles. The van der Waals surface area contributed by atoms with Crippen molar-refractivity contribution < 1.29 is 9.13 Å². The lowest BCUT2D eigenvalue weighted by molar-refractivity contribution is 0.310. The van der Waals surface area contributed by atoms with Gasteiger partial charge in [-0.2, -0.15) is 0 Å². The molecule has 2 N–H and O–H groups in total. The Morgan fingerprint density at radius 2 is 2.00 bits per heavy atom. The zero-order valence-corrected chi connectivity index (χ0v) is 19.0. The molecule has 6 rings (SSSR count). The number of ether oxygens (including phenoxy) is 1. The van der Waals surface area contributed by atoms with Crippen molar-refractivity contribution in [2.24, 2.45) is 0 Å². The number of nitrogens with one attached hydrogen (secondary N) is 2. The van der Waals surface area contributed by atoms with Crippen molar-refractivity contribution >= 4 is 28.2 Å². The maximum Gasteiger partial charge on any atom is 0.237 e. The number of nitrogens with zero attached hydrogens (tertiary/aromatic N) is 5. The van der Waals surface area contributed by atoms with Gasteiger partial charge in [-0.05, 0) is 43.3 Å². The van der Waals surface area contributed by atoms with E-state index in [4.69, 9.17) is 4.74 Å². The average Bonchev–Trinajstić information content (AvgIpc) is 2.84. The van der Waals surface area contributed by atoms with Crippen LogP contribution in [0.2, 0.25) is 0 Å². The lowest BCUT2D eigenvalue weighted by atomic mass is 9.99. The first-order chi connectivity index (χ1) is 16.5. The minimum atomic E-state index is -0.346. The normalized spacial score (nSPS) is 15.3. The monoisotopic (exact) mass is 457 g/mol. The largest absolute Gasteiger partial charge is 0.474 e. The average molecular weight is 458 g/mol. The van der Waals surface area contributed by atoms with Crippen molar-refractivity contribution in [3.63, 3.8) is 0 Å². The lowest BCUT2D eigenvalue weighted by Gasteiger charge is -2.24. The van der Waals surface area contributed by atoms with Crippen molar-refractivity contribution in [3.05, 3.63) is 59.4 Å². The molecule has 0 bridgehead atoms. The molecule has 2 aliphatic rings. The number of hydrogen-bond acceptors (Lipinski definition) is 8. The molecule has 172 valence electrons. The maximum atomic E-state index is 15.1. The Morgan fingerprint density at radius 3 is 2.91 bits per heavy atom. The third kappa shape index (κ3) is 3.67. The van der Waals surface area contributed by atoms with Gasteiger partial charge in [0.2, 0.25) is 11.8 Å². The predicted octanol–water partition coefficient (Wildman–Crippen LogP) is 4.07. The molecule has 1 aromatic carbocycles. The molecule has 4 aromatic rings. The second kappa shape index (κ2) is 8.18. The summed E-state index contributed by atoms with van der Waals surface area (Å²) in [6.45, 7) is 5.07. The number of fused-ring (bicyclic) bond motifs is 3. The first-order valence-corrected chi connectivity index (χ1v) is 11.3. The summed E-state index contributed by atoms with van der Waals surface area (Å²) in [6.07, 6.45) is 6.04. The van der Waals surface area contributed by atoms with Crippen LogP contribution in [0.5, 0.6) is 5.88 Å². The van der Waals surface area contributed by atoms with Crippen LogP contribution in [0.15, 0.2) is 36.8 Å². The molecule has 0 amide bonds. The van der Waals surface area contributed by atoms with Gasteiger partial charge >= 0.3 is 0 Å². The van der Waals surface area contributed by atoms with Crippen LogP contribution in [0.25, 0.3) is 22.0 Å². The molecule has 0 saturated carbocycles. The molecule has 3 aromatic heterocycles. The Labute approximate surface area is 196 Å². The van der Waals surface area contributed by atoms with E-state index in [1.54, 1.807) is 18.5 Å². The van der Waals surface area contributed by atoms with E-state index < -0.39 is 0 Å². The van der Waals surface area contributed by atoms with Gasteiger partial charge in [0.25, 0.3) is 0 Å². The molecule has 34 heavy (non-hydrogen) atoms. The van der Waals surface area contributed by atoms with E-state index >= 15 is 4.39 Å². The number of rotatable bonds is 3. The van der Waals surface area contributed by atoms with Crippen LogP contribution in [0.4, 0.5) is 21.7 Å². The van der Waals surface area contributed by atoms with Crippen molar-refractivity contribution in [1.82, 2.24) is 24.8 Å². The standard InChI is InChI=1S/C25H24FN7O/c1-14-19(12-29-24-23(14)27-4-6-34-24)18-9-22-15(8-20(18)26)10-30-25(32-22)31-17-7-16-13-33(2)5-3-21(16)28-11-17/h7-12,27H,3-6,13H2,1-2H3,(H,30,31,32). The van der Waals surface area contributed by atoms with Crippen LogP contribution < -0.4 is 15.4 Å². The highest BCUT2D eigenvalue weighted by atomic mass is 19.1. The summed E-state index contributed by atoms with van der Waals surface area (Å²) in [5, 5.41) is 7.18. The van der Waals surface area contributed by atoms with Gasteiger partial charge in [0.1, 0.15) is 18.1 Å². The van der Waals surface area contributed by atoms with Crippen LogP contribution in [-0.4, -0.2) is 51.6 Å². The summed E-state index contributed by atoms with van der Waals surface area (Å²) in [4.78, 5) is 20.3. The van der Waals surface area contributed by atoms with Crippen molar-refractivity contribution in [2.75, 3.05) is 37.4 Å². The van der Waals surface area contributed by atoms with Gasteiger partial charge in [-0.3, -0.25) is 4.98 Å². The van der Waals surface area contributed by atoms with Crippen molar-refractivity contribution in [2.45, 2.75) is 19.9 Å². The zero-order chi connectivity index (χ0) is 23.2. The van der Waals surface area contributed by atoms with Crippen LogP contribution >= 0.6 is 0 Å². The molecule has 0 fully saturated rings. The highest BCUT2D eigenvalue weighted by Crippen LogP contribution is 2.37. The lowest BCUT2D eigenvalue weighted by Crippen LogP contribution is -2.27. The predicted molar refractivity (Wildman–Crippen MR) is 129 cm³/mol. The second-order valence-corrected chi connectivity index (χ2v) is 8.78. The number of hydrogen-bond donors (Lipinski definition) is 2. The summed E-state index contributed by atoms with van der Waals surface area (Å²) in [6, 6.07) is 5.31. The van der Waals surface area contributed by atoms with Crippen LogP contribution in [0, 0.1) is 12.7 Å². The van der Waals surface area contributed by atoms with Gasteiger partial charge in [-0.1, -0.05) is 0 Å². The van der Waals surface area contributed by atoms with Crippen LogP contribution in [-0.2, 0) is 13.0 Å². The molecule has 8 nitrogen and oxygen atoms in total. The fourth-order valence-electron chi connectivity index (χ4n) is 4.57. The van der Waals surface area contributed by atoms with Gasteiger partial charge in [0.05, 0.1) is 17.4 Å². The Kier molecular flexibility index (Phi) is 4.99. The van der Waals surface area contributed by atoms with E-state index in [9.17, 15) is 0 Å². The number of likely N-dealkylation sites (N-methyl/N-ethyl adjacent to an activating group) is 1. The molecule has 0 aliphatic carbocycles. The highest BCUT2D eigenvalue weighted by molar-refractivity contribution is 5.87. The SMILES string of the molecule is Cc1c(-c2cc3nc(Nc4cnc5c(c4)CN(C)CC5)ncc3cc2F)cnc2c1NCCO2. The summed E-state index contributed by atoms with van der Waals surface area (Å²) < 4.78 is 20.7. The van der Waals surface area contributed by atoms with Gasteiger partial charge < -0.3 is 20.3 Å². The van der Waals surface area contributed by atoms with Gasteiger partial charge in [0.15, 0.2) is 0 Å². The van der Waals surface area contributed by atoms with Crippen molar-refractivity contribution in [3.8, 4) is 17.0 Å². The topological polar surface area (TPSA) is 88.1 Å². The smallest absolute Gasteiger partial charge is 0.237 e. The molecule has 0 spiro atoms. The van der Waals surface area contributed by atoms with E-state index in [1.807, 2.05) is 13.1 Å². The number of aromatic nitrogens is 4.